The van der Waals surface area contributed by atoms with Crippen molar-refractivity contribution < 1.29 is 100.0 Å². The zero-order chi connectivity index (χ0) is 17.9. The van der Waals surface area contributed by atoms with Gasteiger partial charge in [0.05, 0.1) is 0 Å². The van der Waals surface area contributed by atoms with Crippen molar-refractivity contribution in [2.75, 3.05) is 0 Å². The van der Waals surface area contributed by atoms with Gasteiger partial charge in [0.15, 0.2) is 0 Å². The van der Waals surface area contributed by atoms with E-state index in [-0.39, 0.29) is 42.3 Å². The molecule has 0 saturated carbocycles. The summed E-state index contributed by atoms with van der Waals surface area (Å²) in [5, 5.41) is 76.5. The third-order valence-corrected chi connectivity index (χ3v) is 0. The smallest absolute Gasteiger partial charge is 0.565 e. The largest absolute Gasteiger partial charge is 3.00 e. The molecule has 0 spiro atoms. The molecule has 0 unspecified atom stereocenters. The Hall–Kier alpha value is -2.53. The van der Waals surface area contributed by atoms with Crippen LogP contribution >= 0.6 is 0 Å². The molecule has 0 amide bonds. The first kappa shape index (κ1) is 49.9. The van der Waals surface area contributed by atoms with E-state index < -0.39 is 30.8 Å². The van der Waals surface area contributed by atoms with Crippen LogP contribution in [0.15, 0.2) is 0 Å². The molecule has 18 heteroatoms. The average Bonchev–Trinajstić information content (AvgIpc) is 1.94. The Bertz CT molecular complexity index is 213. The van der Waals surface area contributed by atoms with Crippen molar-refractivity contribution in [3.63, 3.8) is 0 Å². The molecule has 128 valence electrons. The van der Waals surface area contributed by atoms with E-state index in [0.29, 0.717) is 0 Å². The maximum atomic E-state index is 8.44. The van der Waals surface area contributed by atoms with E-state index in [4.69, 9.17) is 75.0 Å². The summed E-state index contributed by atoms with van der Waals surface area (Å²) in [6, 6.07) is 0. The molecule has 0 atom stereocenters. The van der Waals surface area contributed by atoms with Gasteiger partial charge in [-0.15, -0.1) is 0 Å². The molecule has 0 saturated heterocycles. The van der Waals surface area contributed by atoms with Crippen molar-refractivity contribution in [3.8, 4) is 0 Å². The fourth-order valence-electron chi connectivity index (χ4n) is 0. The van der Waals surface area contributed by atoms with E-state index in [0.717, 1.165) is 0 Å². The minimum atomic E-state index is -2.08. The second kappa shape index (κ2) is 42.7. The molecular weight excluding hydrogens is 408 g/mol. The first-order valence-electron chi connectivity index (χ1n) is 3.16. The molecule has 0 heterocycles. The van der Waals surface area contributed by atoms with Gasteiger partial charge in [-0.3, -0.25) is 0 Å². The van der Waals surface area contributed by atoms with Crippen molar-refractivity contribution in [3.05, 3.63) is 0 Å². The summed E-state index contributed by atoms with van der Waals surface area (Å²) in [4.78, 5) is 42.2. The topological polar surface area (TPSA) is 333 Å². The van der Waals surface area contributed by atoms with Crippen LogP contribution < -0.4 is 25.5 Å². The van der Waals surface area contributed by atoms with Gasteiger partial charge in [0, 0.05) is 0 Å². The van der Waals surface area contributed by atoms with Crippen LogP contribution in [0.4, 0.5) is 24.0 Å². The minimum absolute atomic E-state index is 0. The molecule has 0 fully saturated rings. The van der Waals surface area contributed by atoms with Crippen molar-refractivity contribution in [1.29, 1.82) is 0 Å². The summed E-state index contributed by atoms with van der Waals surface area (Å²) in [7, 11) is 0. The SMILES string of the molecule is O.O=C([O-])O.O=C([O-])O.O=C([O-])O.O=C([O-])O.O=C([O-])O.[Al+3].[Zn+2]. The van der Waals surface area contributed by atoms with Gasteiger partial charge in [0.2, 0.25) is 30.8 Å². The maximum absolute atomic E-state index is 8.44. The minimum Gasteiger partial charge on any atom is -0.565 e. The summed E-state index contributed by atoms with van der Waals surface area (Å²) in [5.41, 5.74) is 0. The summed E-state index contributed by atoms with van der Waals surface area (Å²) in [6.07, 6.45) is -10.4. The molecule has 0 radical (unpaired) electrons. The van der Waals surface area contributed by atoms with Gasteiger partial charge < -0.3 is 80.5 Å². The summed E-state index contributed by atoms with van der Waals surface area (Å²) < 4.78 is 0. The van der Waals surface area contributed by atoms with E-state index in [9.17, 15) is 0 Å². The van der Waals surface area contributed by atoms with Gasteiger partial charge in [-0.25, -0.2) is 0 Å². The Morgan fingerprint density at radius 1 is 0.478 bits per heavy atom. The van der Waals surface area contributed by atoms with E-state index >= 15 is 0 Å². The molecule has 0 aromatic heterocycles. The second-order valence-corrected chi connectivity index (χ2v) is 1.33. The van der Waals surface area contributed by atoms with Crippen LogP contribution in [-0.4, -0.2) is 79.1 Å². The third-order valence-electron chi connectivity index (χ3n) is 0. The molecular formula is C5H7AlO16Zn. The molecule has 0 aromatic carbocycles. The Kier molecular flexibility index (Phi) is 92.7. The van der Waals surface area contributed by atoms with Gasteiger partial charge in [-0.1, -0.05) is 0 Å². The number of carbonyl (C=O) groups is 5. The van der Waals surface area contributed by atoms with Crippen molar-refractivity contribution in [2.24, 2.45) is 0 Å². The molecule has 0 aliphatic heterocycles. The predicted molar refractivity (Wildman–Crippen MR) is 49.5 cm³/mol. The van der Waals surface area contributed by atoms with Crippen molar-refractivity contribution >= 4 is 48.1 Å². The molecule has 0 bridgehead atoms. The third kappa shape index (κ3) is 925. The Balaban J connectivity index is -0.0000000197. The number of hydrogen-bond donors (Lipinski definition) is 5. The van der Waals surface area contributed by atoms with E-state index in [1.165, 1.54) is 0 Å². The van der Waals surface area contributed by atoms with Crippen molar-refractivity contribution in [1.82, 2.24) is 0 Å². The van der Waals surface area contributed by atoms with Gasteiger partial charge in [0.25, 0.3) is 0 Å². The number of hydrogen-bond acceptors (Lipinski definition) is 10. The van der Waals surface area contributed by atoms with E-state index in [1.54, 1.807) is 0 Å². The fraction of sp³-hybridized carbons (Fsp3) is 0. The van der Waals surface area contributed by atoms with Crippen LogP contribution in [-0.2, 0) is 19.5 Å². The Morgan fingerprint density at radius 2 is 0.478 bits per heavy atom. The van der Waals surface area contributed by atoms with E-state index in [1.807, 2.05) is 0 Å². The fourth-order valence-corrected chi connectivity index (χ4v) is 0. The molecule has 0 aromatic rings. The Morgan fingerprint density at radius 3 is 0.478 bits per heavy atom. The average molecular weight is 415 g/mol. The first-order chi connectivity index (χ1) is 8.66. The summed E-state index contributed by atoms with van der Waals surface area (Å²) in [5.74, 6) is 0. The van der Waals surface area contributed by atoms with Crippen LogP contribution in [0.1, 0.15) is 0 Å². The normalized spacial score (nSPS) is 5.22. The zero-order valence-electron chi connectivity index (χ0n) is 10.6. The second-order valence-electron chi connectivity index (χ2n) is 1.33. The summed E-state index contributed by atoms with van der Waals surface area (Å²) >= 11 is 0. The molecule has 0 rings (SSSR count). The molecule has 0 aliphatic carbocycles. The Labute approximate surface area is 148 Å². The van der Waals surface area contributed by atoms with Gasteiger partial charge >= 0.3 is 36.8 Å². The van der Waals surface area contributed by atoms with Crippen LogP contribution in [0.25, 0.3) is 0 Å². The monoisotopic (exact) mass is 414 g/mol. The standard InChI is InChI=1S/5CH2O3.Al.H2O.Zn/c5*2-1(3)4;;;/h5*(H2,2,3,4);;1H2;/q;;;;;+3;;+2/p-5. The molecule has 0 aliphatic rings. The quantitative estimate of drug-likeness (QED) is 0.229. The first-order valence-corrected chi connectivity index (χ1v) is 3.16. The van der Waals surface area contributed by atoms with Crippen LogP contribution in [0.2, 0.25) is 0 Å². The maximum Gasteiger partial charge on any atom is 3.00 e. The van der Waals surface area contributed by atoms with Gasteiger partial charge in [-0.2, -0.15) is 0 Å². The van der Waals surface area contributed by atoms with Crippen LogP contribution in [0.3, 0.4) is 0 Å². The zero-order valence-corrected chi connectivity index (χ0v) is 14.7. The van der Waals surface area contributed by atoms with Crippen LogP contribution in [0, 0.1) is 0 Å². The number of rotatable bonds is 0. The predicted octanol–water partition coefficient (Wildman–Crippen LogP) is -6.77. The van der Waals surface area contributed by atoms with Crippen molar-refractivity contribution in [2.45, 2.75) is 0 Å². The number of carboxylic acid groups (broad SMARTS) is 10. The van der Waals surface area contributed by atoms with Crippen LogP contribution in [0.5, 0.6) is 0 Å². The molecule has 23 heavy (non-hydrogen) atoms. The van der Waals surface area contributed by atoms with Gasteiger partial charge in [0.1, 0.15) is 0 Å². The van der Waals surface area contributed by atoms with E-state index in [2.05, 4.69) is 0 Å². The molecule has 16 nitrogen and oxygen atoms in total. The van der Waals surface area contributed by atoms with Gasteiger partial charge in [-0.05, 0) is 0 Å². The summed E-state index contributed by atoms with van der Waals surface area (Å²) in [6.45, 7) is 0. The molecule has 7 N–H and O–H groups in total.